The van der Waals surface area contributed by atoms with Crippen LogP contribution in [0.25, 0.3) is 0 Å². The fraction of sp³-hybridized carbons (Fsp3) is 0.429. The van der Waals surface area contributed by atoms with E-state index in [1.54, 1.807) is 18.9 Å². The van der Waals surface area contributed by atoms with Gasteiger partial charge in [-0.2, -0.15) is 0 Å². The standard InChI is InChI=1S/C14H19BrN2O3/c1-9-6-11(15)4-5-12(9)16-13(18)8-17(3)7-10(2)14(19)20/h4-6,10H,7-8H2,1-3H3,(H,16,18)(H,19,20). The first-order valence-corrected chi connectivity index (χ1v) is 7.06. The molecule has 110 valence electrons. The summed E-state index contributed by atoms with van der Waals surface area (Å²) >= 11 is 3.37. The molecule has 0 aliphatic carbocycles. The van der Waals surface area contributed by atoms with Gasteiger partial charge in [0.2, 0.25) is 5.91 Å². The van der Waals surface area contributed by atoms with Gasteiger partial charge in [-0.15, -0.1) is 0 Å². The Hall–Kier alpha value is -1.40. The quantitative estimate of drug-likeness (QED) is 0.832. The summed E-state index contributed by atoms with van der Waals surface area (Å²) in [6.07, 6.45) is 0. The monoisotopic (exact) mass is 342 g/mol. The van der Waals surface area contributed by atoms with Crippen LogP contribution in [-0.4, -0.2) is 42.0 Å². The van der Waals surface area contributed by atoms with Crippen molar-refractivity contribution in [2.75, 3.05) is 25.5 Å². The Bertz CT molecular complexity index is 505. The Kier molecular flexibility index (Phi) is 6.16. The zero-order valence-corrected chi connectivity index (χ0v) is 13.4. The average molecular weight is 343 g/mol. The molecule has 0 saturated carbocycles. The van der Waals surface area contributed by atoms with E-state index in [0.29, 0.717) is 6.54 Å². The van der Waals surface area contributed by atoms with Crippen LogP contribution in [-0.2, 0) is 9.59 Å². The SMILES string of the molecule is Cc1cc(Br)ccc1NC(=O)CN(C)CC(C)C(=O)O. The van der Waals surface area contributed by atoms with Crippen LogP contribution < -0.4 is 5.32 Å². The Morgan fingerprint density at radius 3 is 2.65 bits per heavy atom. The molecule has 0 heterocycles. The Morgan fingerprint density at radius 1 is 1.45 bits per heavy atom. The molecule has 1 amide bonds. The van der Waals surface area contributed by atoms with Crippen LogP contribution in [0.4, 0.5) is 5.69 Å². The summed E-state index contributed by atoms with van der Waals surface area (Å²) in [6, 6.07) is 5.61. The van der Waals surface area contributed by atoms with Gasteiger partial charge in [-0.1, -0.05) is 22.9 Å². The summed E-state index contributed by atoms with van der Waals surface area (Å²) in [4.78, 5) is 24.4. The van der Waals surface area contributed by atoms with E-state index in [2.05, 4.69) is 21.2 Å². The van der Waals surface area contributed by atoms with Gasteiger partial charge in [0.15, 0.2) is 0 Å². The minimum atomic E-state index is -0.860. The zero-order chi connectivity index (χ0) is 15.3. The molecule has 0 radical (unpaired) electrons. The van der Waals surface area contributed by atoms with Crippen molar-refractivity contribution in [3.8, 4) is 0 Å². The van der Waals surface area contributed by atoms with E-state index in [9.17, 15) is 9.59 Å². The topological polar surface area (TPSA) is 69.6 Å². The lowest BCUT2D eigenvalue weighted by Gasteiger charge is -2.18. The molecule has 1 atom stereocenters. The molecular formula is C14H19BrN2O3. The van der Waals surface area contributed by atoms with Crippen LogP contribution in [0.5, 0.6) is 0 Å². The third kappa shape index (κ3) is 5.30. The molecule has 2 N–H and O–H groups in total. The fourth-order valence-electron chi connectivity index (χ4n) is 1.81. The molecule has 1 rings (SSSR count). The number of carboxylic acids is 1. The second kappa shape index (κ2) is 7.40. The molecule has 0 aliphatic rings. The van der Waals surface area contributed by atoms with Crippen LogP contribution in [0.1, 0.15) is 12.5 Å². The second-order valence-electron chi connectivity index (χ2n) is 4.94. The zero-order valence-electron chi connectivity index (χ0n) is 11.8. The molecule has 0 spiro atoms. The van der Waals surface area contributed by atoms with E-state index in [0.717, 1.165) is 15.7 Å². The Balaban J connectivity index is 2.53. The lowest BCUT2D eigenvalue weighted by atomic mass is 10.2. The van der Waals surface area contributed by atoms with Crippen molar-refractivity contribution < 1.29 is 14.7 Å². The molecule has 6 heteroatoms. The average Bonchev–Trinajstić information content (AvgIpc) is 2.32. The van der Waals surface area contributed by atoms with Gasteiger partial charge in [-0.3, -0.25) is 14.5 Å². The van der Waals surface area contributed by atoms with Gasteiger partial charge in [0.1, 0.15) is 0 Å². The number of nitrogens with one attached hydrogen (secondary N) is 1. The van der Waals surface area contributed by atoms with Gasteiger partial charge in [0, 0.05) is 16.7 Å². The third-order valence-electron chi connectivity index (χ3n) is 2.88. The van der Waals surface area contributed by atoms with Crippen LogP contribution >= 0.6 is 15.9 Å². The first-order valence-electron chi connectivity index (χ1n) is 6.27. The minimum Gasteiger partial charge on any atom is -0.481 e. The number of hydrogen-bond donors (Lipinski definition) is 2. The van der Waals surface area contributed by atoms with E-state index in [4.69, 9.17) is 5.11 Å². The smallest absolute Gasteiger partial charge is 0.307 e. The molecule has 20 heavy (non-hydrogen) atoms. The van der Waals surface area contributed by atoms with Crippen molar-refractivity contribution in [2.45, 2.75) is 13.8 Å². The van der Waals surface area contributed by atoms with Gasteiger partial charge >= 0.3 is 5.97 Å². The van der Waals surface area contributed by atoms with E-state index in [1.807, 2.05) is 25.1 Å². The molecule has 0 bridgehead atoms. The number of carboxylic acid groups (broad SMARTS) is 1. The predicted octanol–water partition coefficient (Wildman–Crippen LogP) is 2.35. The summed E-state index contributed by atoms with van der Waals surface area (Å²) in [5.74, 6) is -1.52. The number of carbonyl (C=O) groups is 2. The van der Waals surface area contributed by atoms with Crippen molar-refractivity contribution in [3.05, 3.63) is 28.2 Å². The van der Waals surface area contributed by atoms with E-state index < -0.39 is 11.9 Å². The van der Waals surface area contributed by atoms with E-state index in [1.165, 1.54) is 0 Å². The number of carbonyl (C=O) groups excluding carboxylic acids is 1. The Morgan fingerprint density at radius 2 is 2.10 bits per heavy atom. The van der Waals surface area contributed by atoms with Gasteiger partial charge in [-0.05, 0) is 37.7 Å². The molecule has 5 nitrogen and oxygen atoms in total. The second-order valence-corrected chi connectivity index (χ2v) is 5.86. The molecule has 0 saturated heterocycles. The maximum atomic E-state index is 11.9. The highest BCUT2D eigenvalue weighted by molar-refractivity contribution is 9.10. The van der Waals surface area contributed by atoms with Crippen molar-refractivity contribution in [1.82, 2.24) is 4.90 Å². The molecular weight excluding hydrogens is 324 g/mol. The highest BCUT2D eigenvalue weighted by atomic mass is 79.9. The fourth-order valence-corrected chi connectivity index (χ4v) is 2.29. The predicted molar refractivity (Wildman–Crippen MR) is 81.8 cm³/mol. The lowest BCUT2D eigenvalue weighted by molar-refractivity contribution is -0.141. The number of nitrogens with zero attached hydrogens (tertiary/aromatic N) is 1. The number of halogens is 1. The Labute approximate surface area is 127 Å². The summed E-state index contributed by atoms with van der Waals surface area (Å²) in [7, 11) is 1.73. The van der Waals surface area contributed by atoms with E-state index >= 15 is 0 Å². The molecule has 1 aromatic rings. The highest BCUT2D eigenvalue weighted by Crippen LogP contribution is 2.19. The third-order valence-corrected chi connectivity index (χ3v) is 3.38. The minimum absolute atomic E-state index is 0.157. The number of benzene rings is 1. The van der Waals surface area contributed by atoms with Crippen molar-refractivity contribution in [3.63, 3.8) is 0 Å². The van der Waals surface area contributed by atoms with Crippen molar-refractivity contribution in [1.29, 1.82) is 0 Å². The van der Waals surface area contributed by atoms with Gasteiger partial charge in [-0.25, -0.2) is 0 Å². The molecule has 1 unspecified atom stereocenters. The summed E-state index contributed by atoms with van der Waals surface area (Å²) in [6.45, 7) is 4.03. The maximum absolute atomic E-state index is 11.9. The number of anilines is 1. The van der Waals surface area contributed by atoms with Gasteiger partial charge in [0.25, 0.3) is 0 Å². The number of likely N-dealkylation sites (N-methyl/N-ethyl adjacent to an activating group) is 1. The summed E-state index contributed by atoms with van der Waals surface area (Å²) in [5, 5.41) is 11.7. The van der Waals surface area contributed by atoms with Gasteiger partial charge < -0.3 is 10.4 Å². The molecule has 0 aliphatic heterocycles. The first kappa shape index (κ1) is 16.7. The van der Waals surface area contributed by atoms with Crippen LogP contribution in [0, 0.1) is 12.8 Å². The number of hydrogen-bond acceptors (Lipinski definition) is 3. The van der Waals surface area contributed by atoms with Crippen molar-refractivity contribution in [2.24, 2.45) is 5.92 Å². The largest absolute Gasteiger partial charge is 0.481 e. The van der Waals surface area contributed by atoms with Gasteiger partial charge in [0.05, 0.1) is 12.5 Å². The number of aryl methyl sites for hydroxylation is 1. The lowest BCUT2D eigenvalue weighted by Crippen LogP contribution is -2.35. The van der Waals surface area contributed by atoms with E-state index in [-0.39, 0.29) is 12.5 Å². The maximum Gasteiger partial charge on any atom is 0.307 e. The number of rotatable bonds is 6. The van der Waals surface area contributed by atoms with Crippen LogP contribution in [0.15, 0.2) is 22.7 Å². The molecule has 1 aromatic carbocycles. The normalized spacial score (nSPS) is 12.2. The van der Waals surface area contributed by atoms with Crippen molar-refractivity contribution >= 4 is 33.5 Å². The van der Waals surface area contributed by atoms with Crippen LogP contribution in [0.3, 0.4) is 0 Å². The first-order chi connectivity index (χ1) is 9.29. The summed E-state index contributed by atoms with van der Waals surface area (Å²) < 4.78 is 0.959. The molecule has 0 fully saturated rings. The highest BCUT2D eigenvalue weighted by Gasteiger charge is 2.15. The molecule has 0 aromatic heterocycles. The number of amides is 1. The number of aliphatic carboxylic acids is 1. The van der Waals surface area contributed by atoms with Crippen LogP contribution in [0.2, 0.25) is 0 Å². The summed E-state index contributed by atoms with van der Waals surface area (Å²) in [5.41, 5.74) is 1.73.